The van der Waals surface area contributed by atoms with E-state index in [0.717, 1.165) is 0 Å². The molecule has 0 atom stereocenters. The normalized spacial score (nSPS) is 14.1. The van der Waals surface area contributed by atoms with Gasteiger partial charge in [-0.2, -0.15) is 0 Å². The van der Waals surface area contributed by atoms with Crippen LogP contribution >= 0.6 is 0 Å². The molecule has 0 saturated heterocycles. The van der Waals surface area contributed by atoms with Crippen LogP contribution < -0.4 is 5.19 Å². The van der Waals surface area contributed by atoms with E-state index in [4.69, 9.17) is 0 Å². The van der Waals surface area contributed by atoms with Crippen molar-refractivity contribution in [2.24, 2.45) is 0 Å². The molecule has 0 nitrogen and oxygen atoms in total. The zero-order valence-corrected chi connectivity index (χ0v) is 29.8. The number of hydrogen-bond donors (Lipinski definition) is 0. The van der Waals surface area contributed by atoms with Crippen molar-refractivity contribution in [1.82, 2.24) is 0 Å². The minimum absolute atomic E-state index is 1.38. The highest BCUT2D eigenvalue weighted by atomic mass is 30.2. The van der Waals surface area contributed by atoms with Crippen LogP contribution in [0.5, 0.6) is 0 Å². The first-order valence-corrected chi connectivity index (χ1v) is 32.3. The molecule has 33 heavy (non-hydrogen) atoms. The largest absolute Gasteiger partial charge is 0.0720 e. The zero-order chi connectivity index (χ0) is 25.9. The molecule has 2 rings (SSSR count). The number of benzene rings is 2. The summed E-state index contributed by atoms with van der Waals surface area (Å²) in [5, 5.41) is 1.78. The van der Waals surface area contributed by atoms with Gasteiger partial charge in [0.2, 0.25) is 0 Å². The Labute approximate surface area is 210 Å². The molecule has 0 saturated carbocycles. The van der Waals surface area contributed by atoms with E-state index in [2.05, 4.69) is 131 Å². The highest BCUT2D eigenvalue weighted by Crippen LogP contribution is 2.44. The van der Waals surface area contributed by atoms with Crippen molar-refractivity contribution >= 4 is 41.7 Å². The molecule has 0 aliphatic rings. The maximum absolute atomic E-state index is 2.82. The van der Waals surface area contributed by atoms with Gasteiger partial charge in [-0.3, -0.25) is 0 Å². The van der Waals surface area contributed by atoms with E-state index in [0.29, 0.717) is 0 Å². The Bertz CT molecular complexity index is 979. The average Bonchev–Trinajstić information content (AvgIpc) is 2.61. The smallest absolute Gasteiger partial charge is 0.0680 e. The van der Waals surface area contributed by atoms with Crippen LogP contribution in [0.4, 0.5) is 0 Å². The quantitative estimate of drug-likeness (QED) is 0.329. The summed E-state index contributed by atoms with van der Waals surface area (Å²) in [4.78, 5) is 0. The molecule has 0 unspecified atom stereocenters. The summed E-state index contributed by atoms with van der Waals surface area (Å²) in [7, 11) is -5.91. The standard InChI is InChI=1S/C28H52Si5/c1-21-22(2)24(4)28(25(5)23(21)3)26-19-17-18-20-27(26)32(15,16)33(29(6,7)8,30(9,10)11)31(12,13)14/h17-20H,1-16H3. The van der Waals surface area contributed by atoms with Crippen LogP contribution in [0.3, 0.4) is 0 Å². The maximum Gasteiger partial charge on any atom is 0.0680 e. The van der Waals surface area contributed by atoms with Crippen molar-refractivity contribution in [3.63, 3.8) is 0 Å². The third-order valence-corrected chi connectivity index (χ3v) is 124. The number of rotatable bonds is 6. The molecular formula is C28H52Si5. The van der Waals surface area contributed by atoms with Gasteiger partial charge in [-0.25, -0.2) is 0 Å². The summed E-state index contributed by atoms with van der Waals surface area (Å²) in [5.41, 5.74) is 10.5. The lowest BCUT2D eigenvalue weighted by Gasteiger charge is -2.64. The van der Waals surface area contributed by atoms with Gasteiger partial charge in [0, 0.05) is 28.9 Å². The first-order chi connectivity index (χ1) is 14.7. The molecule has 184 valence electrons. The topological polar surface area (TPSA) is 0 Å². The van der Waals surface area contributed by atoms with Crippen molar-refractivity contribution in [2.45, 2.75) is 107 Å². The van der Waals surface area contributed by atoms with Crippen molar-refractivity contribution in [3.8, 4) is 11.1 Å². The van der Waals surface area contributed by atoms with Crippen LogP contribution in [0.25, 0.3) is 11.1 Å². The Morgan fingerprint density at radius 1 is 0.455 bits per heavy atom. The highest BCUT2D eigenvalue weighted by Gasteiger charge is 2.69. The van der Waals surface area contributed by atoms with Crippen molar-refractivity contribution < 1.29 is 0 Å². The van der Waals surface area contributed by atoms with E-state index in [9.17, 15) is 0 Å². The molecule has 5 heteroatoms. The van der Waals surface area contributed by atoms with Gasteiger partial charge in [0.25, 0.3) is 0 Å². The summed E-state index contributed by atoms with van der Waals surface area (Å²) in [6.45, 7) is 42.3. The third kappa shape index (κ3) is 4.24. The van der Waals surface area contributed by atoms with Gasteiger partial charge in [-0.1, -0.05) is 101 Å². The molecule has 0 fully saturated rings. The van der Waals surface area contributed by atoms with Crippen LogP contribution in [0.2, 0.25) is 72.0 Å². The average molecular weight is 529 g/mol. The second-order valence-electron chi connectivity index (χ2n) is 14.2. The minimum Gasteiger partial charge on any atom is -0.0720 e. The van der Waals surface area contributed by atoms with Gasteiger partial charge in [0.1, 0.15) is 0 Å². The third-order valence-electron chi connectivity index (χ3n) is 9.18. The van der Waals surface area contributed by atoms with Crippen LogP contribution in [-0.4, -0.2) is 36.5 Å². The molecule has 0 spiro atoms. The molecule has 0 heterocycles. The summed E-state index contributed by atoms with van der Waals surface area (Å²) >= 11 is 0. The summed E-state index contributed by atoms with van der Waals surface area (Å²) < 4.78 is 0. The molecule has 0 amide bonds. The molecular weight excluding hydrogens is 477 g/mol. The van der Waals surface area contributed by atoms with Crippen LogP contribution in [-0.2, 0) is 0 Å². The molecule has 2 aromatic rings. The van der Waals surface area contributed by atoms with E-state index in [1.165, 1.54) is 33.4 Å². The second kappa shape index (κ2) is 8.88. The Morgan fingerprint density at radius 2 is 0.788 bits per heavy atom. The van der Waals surface area contributed by atoms with Crippen LogP contribution in [0, 0.1) is 34.6 Å². The fourth-order valence-corrected chi connectivity index (χ4v) is 178. The van der Waals surface area contributed by atoms with Gasteiger partial charge < -0.3 is 0 Å². The summed E-state index contributed by atoms with van der Waals surface area (Å²) in [5.74, 6) is 0. The van der Waals surface area contributed by atoms with E-state index >= 15 is 0 Å². The van der Waals surface area contributed by atoms with Gasteiger partial charge in [-0.05, 0) is 73.6 Å². The van der Waals surface area contributed by atoms with Crippen molar-refractivity contribution in [1.29, 1.82) is 0 Å². The molecule has 0 N–H and O–H groups in total. The first-order valence-electron chi connectivity index (χ1n) is 12.8. The molecule has 0 radical (unpaired) electrons. The lowest BCUT2D eigenvalue weighted by molar-refractivity contribution is 1.18. The van der Waals surface area contributed by atoms with E-state index in [1.807, 2.05) is 0 Å². The van der Waals surface area contributed by atoms with Gasteiger partial charge in [0.15, 0.2) is 0 Å². The fourth-order valence-electron chi connectivity index (χ4n) is 9.54. The monoisotopic (exact) mass is 528 g/mol. The Hall–Kier alpha value is -0.476. The van der Waals surface area contributed by atoms with Gasteiger partial charge in [-0.15, -0.1) is 0 Å². The highest BCUT2D eigenvalue weighted by molar-refractivity contribution is 8.07. The Kier molecular flexibility index (Phi) is 7.74. The van der Waals surface area contributed by atoms with Crippen molar-refractivity contribution in [2.75, 3.05) is 0 Å². The number of hydrogen-bond acceptors (Lipinski definition) is 0. The summed E-state index contributed by atoms with van der Waals surface area (Å²) in [6.07, 6.45) is -1.55. The van der Waals surface area contributed by atoms with E-state index < -0.39 is 36.5 Å². The van der Waals surface area contributed by atoms with Gasteiger partial charge in [0.05, 0.1) is 7.59 Å². The first kappa shape index (κ1) is 28.8. The molecule has 0 aliphatic carbocycles. The Balaban J connectivity index is 3.11. The maximum atomic E-state index is 2.82. The van der Waals surface area contributed by atoms with Crippen LogP contribution in [0.15, 0.2) is 24.3 Å². The second-order valence-corrected chi connectivity index (χ2v) is 68.2. The molecule has 2 aromatic carbocycles. The lowest BCUT2D eigenvalue weighted by Crippen LogP contribution is -2.94. The minimum atomic E-state index is -1.76. The van der Waals surface area contributed by atoms with E-state index in [1.54, 1.807) is 10.8 Å². The van der Waals surface area contributed by atoms with Gasteiger partial charge >= 0.3 is 0 Å². The molecule has 0 aliphatic heterocycles. The predicted octanol–water partition coefficient (Wildman–Crippen LogP) is 8.59. The fraction of sp³-hybridized carbons (Fsp3) is 0.571. The summed E-state index contributed by atoms with van der Waals surface area (Å²) in [6, 6.07) is 9.70. The SMILES string of the molecule is Cc1c(C)c(C)c(-c2ccccc2[Si](C)(C)[Si]([Si](C)(C)C)([Si](C)(C)C)[Si](C)(C)C)c(C)c1C. The lowest BCUT2D eigenvalue weighted by atomic mass is 9.86. The van der Waals surface area contributed by atoms with Crippen molar-refractivity contribution in [3.05, 3.63) is 52.1 Å². The zero-order valence-electron chi connectivity index (χ0n) is 24.8. The molecule has 0 aromatic heterocycles. The van der Waals surface area contributed by atoms with Crippen LogP contribution in [0.1, 0.15) is 27.8 Å². The molecule has 0 bridgehead atoms. The predicted molar refractivity (Wildman–Crippen MR) is 168 cm³/mol. The Morgan fingerprint density at radius 3 is 1.15 bits per heavy atom. The van der Waals surface area contributed by atoms with E-state index in [-0.39, 0.29) is 0 Å².